The molecule has 5 nitrogen and oxygen atoms in total. The molecular formula is C26H31N3O2. The number of morpholine rings is 1. The maximum Gasteiger partial charge on any atom is 0.119 e. The van der Waals surface area contributed by atoms with Crippen LogP contribution in [-0.4, -0.2) is 62.3 Å². The van der Waals surface area contributed by atoms with E-state index in [4.69, 9.17) is 9.47 Å². The van der Waals surface area contributed by atoms with Crippen LogP contribution in [0.25, 0.3) is 0 Å². The first-order valence-corrected chi connectivity index (χ1v) is 11.6. The molecule has 0 N–H and O–H groups in total. The highest BCUT2D eigenvalue weighted by Gasteiger charge is 2.36. The minimum Gasteiger partial charge on any atom is -0.494 e. The summed E-state index contributed by atoms with van der Waals surface area (Å²) in [4.78, 5) is 5.07. The van der Waals surface area contributed by atoms with Gasteiger partial charge in [0.1, 0.15) is 5.75 Å². The second-order valence-corrected chi connectivity index (χ2v) is 8.89. The number of nitrogens with zero attached hydrogens (tertiary/aromatic N) is 3. The molecule has 2 saturated heterocycles. The molecule has 0 amide bonds. The summed E-state index contributed by atoms with van der Waals surface area (Å²) in [7, 11) is 0. The first kappa shape index (κ1) is 20.5. The number of hydrogen-bond donors (Lipinski definition) is 0. The third-order valence-electron chi connectivity index (χ3n) is 6.98. The van der Waals surface area contributed by atoms with Crippen molar-refractivity contribution < 1.29 is 9.47 Å². The average Bonchev–Trinajstić information content (AvgIpc) is 3.31. The van der Waals surface area contributed by atoms with Gasteiger partial charge >= 0.3 is 0 Å². The smallest absolute Gasteiger partial charge is 0.119 e. The maximum absolute atomic E-state index is 9.34. The molecule has 2 aromatic rings. The van der Waals surface area contributed by atoms with E-state index in [-0.39, 0.29) is 0 Å². The van der Waals surface area contributed by atoms with Gasteiger partial charge in [-0.1, -0.05) is 18.2 Å². The highest BCUT2D eigenvalue weighted by atomic mass is 16.5. The van der Waals surface area contributed by atoms with Gasteiger partial charge < -0.3 is 9.47 Å². The van der Waals surface area contributed by atoms with Crippen molar-refractivity contribution in [3.05, 3.63) is 64.7 Å². The van der Waals surface area contributed by atoms with Gasteiger partial charge in [0.25, 0.3) is 0 Å². The van der Waals surface area contributed by atoms with Crippen LogP contribution in [0.15, 0.2) is 42.5 Å². The molecule has 0 aliphatic carbocycles. The lowest BCUT2D eigenvalue weighted by Gasteiger charge is -2.37. The number of fused-ring (bicyclic) bond motifs is 3. The lowest BCUT2D eigenvalue weighted by Crippen LogP contribution is -2.37. The summed E-state index contributed by atoms with van der Waals surface area (Å²) in [5.74, 6) is 1.30. The predicted octanol–water partition coefficient (Wildman–Crippen LogP) is 3.94. The van der Waals surface area contributed by atoms with Crippen molar-refractivity contribution in [2.75, 3.05) is 52.5 Å². The molecule has 0 unspecified atom stereocenters. The van der Waals surface area contributed by atoms with E-state index in [1.54, 1.807) is 0 Å². The van der Waals surface area contributed by atoms with Gasteiger partial charge in [0.05, 0.1) is 31.5 Å². The Labute approximate surface area is 185 Å². The Bertz CT molecular complexity index is 948. The quantitative estimate of drug-likeness (QED) is 0.667. The molecule has 0 saturated carbocycles. The van der Waals surface area contributed by atoms with Crippen LogP contribution < -0.4 is 4.74 Å². The van der Waals surface area contributed by atoms with Crippen molar-refractivity contribution in [3.63, 3.8) is 0 Å². The molecule has 5 heteroatoms. The lowest BCUT2D eigenvalue weighted by molar-refractivity contribution is 0.0358. The molecule has 3 heterocycles. The summed E-state index contributed by atoms with van der Waals surface area (Å²) in [5.41, 5.74) is 4.80. The van der Waals surface area contributed by atoms with Crippen LogP contribution in [0, 0.1) is 11.3 Å². The summed E-state index contributed by atoms with van der Waals surface area (Å²) in [6.07, 6.45) is 3.51. The Morgan fingerprint density at radius 3 is 2.84 bits per heavy atom. The third kappa shape index (κ3) is 4.48. The van der Waals surface area contributed by atoms with Gasteiger partial charge in [0.15, 0.2) is 0 Å². The van der Waals surface area contributed by atoms with E-state index in [1.807, 2.05) is 12.1 Å². The summed E-state index contributed by atoms with van der Waals surface area (Å²) in [6.45, 7) is 7.77. The Hall–Kier alpha value is -2.39. The maximum atomic E-state index is 9.34. The van der Waals surface area contributed by atoms with Crippen LogP contribution in [0.4, 0.5) is 0 Å². The number of benzene rings is 2. The Balaban J connectivity index is 1.31. The van der Waals surface area contributed by atoms with E-state index >= 15 is 0 Å². The van der Waals surface area contributed by atoms with E-state index in [1.165, 1.54) is 29.5 Å². The Morgan fingerprint density at radius 2 is 1.97 bits per heavy atom. The van der Waals surface area contributed by atoms with Gasteiger partial charge in [-0.05, 0) is 66.8 Å². The lowest BCUT2D eigenvalue weighted by atomic mass is 9.81. The van der Waals surface area contributed by atoms with Crippen LogP contribution in [0.1, 0.15) is 53.5 Å². The van der Waals surface area contributed by atoms with Crippen molar-refractivity contribution >= 4 is 0 Å². The van der Waals surface area contributed by atoms with Gasteiger partial charge in [0.2, 0.25) is 0 Å². The first-order chi connectivity index (χ1) is 15.3. The molecule has 31 heavy (non-hydrogen) atoms. The topological polar surface area (TPSA) is 48.7 Å². The fourth-order valence-electron chi connectivity index (χ4n) is 5.39. The molecule has 0 spiro atoms. The second kappa shape index (κ2) is 9.40. The standard InChI is InChI=1S/C26H31N3O2/c27-18-20-4-1-5-21(16-20)25-19-29-10-2-6-26(29)24-17-22(7-8-23(24)25)31-13-3-9-28-11-14-30-15-12-28/h1,4-5,7-8,16-17,25-26H,2-3,6,9-15,19H2/t25-,26-/m0/s1. The molecule has 5 rings (SSSR count). The van der Waals surface area contributed by atoms with Gasteiger partial charge in [-0.15, -0.1) is 0 Å². The van der Waals surface area contributed by atoms with Crippen molar-refractivity contribution in [2.24, 2.45) is 0 Å². The third-order valence-corrected chi connectivity index (χ3v) is 6.98. The van der Waals surface area contributed by atoms with E-state index in [0.29, 0.717) is 12.0 Å². The second-order valence-electron chi connectivity index (χ2n) is 8.89. The molecule has 0 radical (unpaired) electrons. The molecule has 2 atom stereocenters. The summed E-state index contributed by atoms with van der Waals surface area (Å²) in [5, 5.41) is 9.34. The van der Waals surface area contributed by atoms with Crippen molar-refractivity contribution in [2.45, 2.75) is 31.2 Å². The minimum absolute atomic E-state index is 0.313. The number of nitriles is 1. The summed E-state index contributed by atoms with van der Waals surface area (Å²) >= 11 is 0. The van der Waals surface area contributed by atoms with Gasteiger partial charge in [-0.25, -0.2) is 0 Å². The van der Waals surface area contributed by atoms with Crippen molar-refractivity contribution in [3.8, 4) is 11.8 Å². The average molecular weight is 418 g/mol. The molecule has 2 fully saturated rings. The van der Waals surface area contributed by atoms with E-state index in [9.17, 15) is 5.26 Å². The van der Waals surface area contributed by atoms with Crippen molar-refractivity contribution in [1.29, 1.82) is 5.26 Å². The minimum atomic E-state index is 0.313. The fraction of sp³-hybridized carbons (Fsp3) is 0.500. The number of ether oxygens (including phenoxy) is 2. The largest absolute Gasteiger partial charge is 0.494 e. The van der Waals surface area contributed by atoms with Gasteiger partial charge in [-0.2, -0.15) is 5.26 Å². The predicted molar refractivity (Wildman–Crippen MR) is 120 cm³/mol. The van der Waals surface area contributed by atoms with Crippen LogP contribution >= 0.6 is 0 Å². The molecule has 162 valence electrons. The summed E-state index contributed by atoms with van der Waals surface area (Å²) in [6, 6.07) is 17.6. The molecule has 3 aliphatic rings. The van der Waals surface area contributed by atoms with E-state index in [2.05, 4.69) is 46.2 Å². The number of hydrogen-bond acceptors (Lipinski definition) is 5. The van der Waals surface area contributed by atoms with Crippen LogP contribution in [0.2, 0.25) is 0 Å². The van der Waals surface area contributed by atoms with Gasteiger partial charge in [-0.3, -0.25) is 9.80 Å². The van der Waals surface area contributed by atoms with Crippen LogP contribution in [0.5, 0.6) is 5.75 Å². The Kier molecular flexibility index (Phi) is 6.22. The molecule has 3 aliphatic heterocycles. The monoisotopic (exact) mass is 417 g/mol. The zero-order chi connectivity index (χ0) is 21.0. The van der Waals surface area contributed by atoms with E-state index < -0.39 is 0 Å². The van der Waals surface area contributed by atoms with Crippen molar-refractivity contribution in [1.82, 2.24) is 9.80 Å². The first-order valence-electron chi connectivity index (χ1n) is 11.6. The fourth-order valence-corrected chi connectivity index (χ4v) is 5.39. The normalized spacial score (nSPS) is 23.7. The highest BCUT2D eigenvalue weighted by molar-refractivity contribution is 5.48. The number of rotatable bonds is 6. The highest BCUT2D eigenvalue weighted by Crippen LogP contribution is 2.45. The SMILES string of the molecule is N#Cc1cccc([C@@H]2CN3CCC[C@H]3c3cc(OCCCN4CCOCC4)ccc32)c1. The zero-order valence-corrected chi connectivity index (χ0v) is 18.1. The van der Waals surface area contributed by atoms with E-state index in [0.717, 1.165) is 70.3 Å². The molecular weight excluding hydrogens is 386 g/mol. The van der Waals surface area contributed by atoms with Crippen LogP contribution in [0.3, 0.4) is 0 Å². The molecule has 2 aromatic carbocycles. The Morgan fingerprint density at radius 1 is 1.06 bits per heavy atom. The molecule has 0 aromatic heterocycles. The molecule has 0 bridgehead atoms. The summed E-state index contributed by atoms with van der Waals surface area (Å²) < 4.78 is 11.6. The zero-order valence-electron chi connectivity index (χ0n) is 18.1. The van der Waals surface area contributed by atoms with Crippen LogP contribution in [-0.2, 0) is 4.74 Å². The van der Waals surface area contributed by atoms with Gasteiger partial charge in [0, 0.05) is 38.1 Å².